The maximum Gasteiger partial charge on any atom is 0.170 e. The summed E-state index contributed by atoms with van der Waals surface area (Å²) in [7, 11) is 0. The molecule has 4 heteroatoms. The van der Waals surface area contributed by atoms with Gasteiger partial charge in [0.1, 0.15) is 5.75 Å². The van der Waals surface area contributed by atoms with Gasteiger partial charge in [-0.05, 0) is 6.07 Å². The van der Waals surface area contributed by atoms with Gasteiger partial charge in [0.2, 0.25) is 0 Å². The first-order valence-corrected chi connectivity index (χ1v) is 3.97. The van der Waals surface area contributed by atoms with E-state index in [1.165, 1.54) is 12.1 Å². The summed E-state index contributed by atoms with van der Waals surface area (Å²) in [6, 6.07) is 2.75. The van der Waals surface area contributed by atoms with Gasteiger partial charge in [0.05, 0.1) is 17.9 Å². The van der Waals surface area contributed by atoms with Crippen molar-refractivity contribution in [2.24, 2.45) is 0 Å². The highest BCUT2D eigenvalue weighted by molar-refractivity contribution is 6.01. The van der Waals surface area contributed by atoms with Crippen molar-refractivity contribution in [3.8, 4) is 11.5 Å². The molecule has 68 valence electrons. The Morgan fingerprint density at radius 1 is 1.46 bits per heavy atom. The summed E-state index contributed by atoms with van der Waals surface area (Å²) >= 11 is 0. The number of ether oxygens (including phenoxy) is 1. The lowest BCUT2D eigenvalue weighted by atomic mass is 10.0. The van der Waals surface area contributed by atoms with Crippen molar-refractivity contribution in [1.29, 1.82) is 0 Å². The molecule has 0 saturated heterocycles. The first kappa shape index (κ1) is 7.91. The highest BCUT2D eigenvalue weighted by atomic mass is 16.5. The Hall–Kier alpha value is -1.71. The summed E-state index contributed by atoms with van der Waals surface area (Å²) in [5.41, 5.74) is 6.25. The van der Waals surface area contributed by atoms with Crippen LogP contribution < -0.4 is 10.5 Å². The lowest BCUT2D eigenvalue weighted by molar-refractivity contribution is 0.0933. The number of rotatable bonds is 0. The number of carbonyl (C=O) groups excluding carboxylic acids is 1. The van der Waals surface area contributed by atoms with Crippen molar-refractivity contribution in [2.45, 2.75) is 6.42 Å². The monoisotopic (exact) mass is 179 g/mol. The second-order valence-electron chi connectivity index (χ2n) is 2.93. The van der Waals surface area contributed by atoms with E-state index in [0.717, 1.165) is 0 Å². The third-order valence-corrected chi connectivity index (χ3v) is 1.98. The molecule has 2 rings (SSSR count). The zero-order chi connectivity index (χ0) is 9.42. The third kappa shape index (κ3) is 1.20. The van der Waals surface area contributed by atoms with Crippen molar-refractivity contribution < 1.29 is 14.6 Å². The van der Waals surface area contributed by atoms with Crippen LogP contribution in [0.3, 0.4) is 0 Å². The molecular weight excluding hydrogens is 170 g/mol. The van der Waals surface area contributed by atoms with Crippen LogP contribution in [0.1, 0.15) is 16.8 Å². The van der Waals surface area contributed by atoms with Gasteiger partial charge in [-0.3, -0.25) is 4.79 Å². The summed E-state index contributed by atoms with van der Waals surface area (Å²) in [6.07, 6.45) is 0.343. The zero-order valence-corrected chi connectivity index (χ0v) is 6.91. The average molecular weight is 179 g/mol. The van der Waals surface area contributed by atoms with Gasteiger partial charge < -0.3 is 15.6 Å². The number of nitrogens with two attached hydrogens (primary N) is 1. The van der Waals surface area contributed by atoms with Crippen LogP contribution in [0.5, 0.6) is 11.5 Å². The fourth-order valence-corrected chi connectivity index (χ4v) is 1.38. The van der Waals surface area contributed by atoms with E-state index in [9.17, 15) is 9.90 Å². The lowest BCUT2D eigenvalue weighted by Crippen LogP contribution is -2.16. The molecule has 1 aromatic rings. The number of Topliss-reactive ketones (excluding diaryl/α,β-unsaturated/α-hetero) is 1. The number of ketones is 1. The minimum atomic E-state index is -0.0381. The molecule has 0 atom stereocenters. The van der Waals surface area contributed by atoms with E-state index in [1.807, 2.05) is 0 Å². The number of phenolic OH excluding ortho intramolecular Hbond substituents is 1. The molecule has 1 heterocycles. The van der Waals surface area contributed by atoms with Gasteiger partial charge >= 0.3 is 0 Å². The van der Waals surface area contributed by atoms with Crippen LogP contribution in [0.25, 0.3) is 0 Å². The number of hydrogen-bond donors (Lipinski definition) is 2. The smallest absolute Gasteiger partial charge is 0.170 e. The largest absolute Gasteiger partial charge is 0.508 e. The predicted molar refractivity (Wildman–Crippen MR) is 47.0 cm³/mol. The van der Waals surface area contributed by atoms with E-state index in [4.69, 9.17) is 10.5 Å². The van der Waals surface area contributed by atoms with Gasteiger partial charge in [-0.2, -0.15) is 0 Å². The fourth-order valence-electron chi connectivity index (χ4n) is 1.38. The van der Waals surface area contributed by atoms with Crippen LogP contribution >= 0.6 is 0 Å². The molecule has 1 aliphatic heterocycles. The Balaban J connectivity index is 2.63. The molecule has 13 heavy (non-hydrogen) atoms. The first-order valence-electron chi connectivity index (χ1n) is 3.97. The van der Waals surface area contributed by atoms with Crippen LogP contribution in [0, 0.1) is 0 Å². The topological polar surface area (TPSA) is 72.6 Å². The average Bonchev–Trinajstić information content (AvgIpc) is 2.07. The molecular formula is C9H9NO3. The van der Waals surface area contributed by atoms with Gasteiger partial charge in [0, 0.05) is 12.5 Å². The Labute approximate surface area is 74.9 Å². The van der Waals surface area contributed by atoms with Crippen LogP contribution in [-0.2, 0) is 0 Å². The lowest BCUT2D eigenvalue weighted by Gasteiger charge is -2.17. The Morgan fingerprint density at radius 3 is 3.00 bits per heavy atom. The Morgan fingerprint density at radius 2 is 2.23 bits per heavy atom. The van der Waals surface area contributed by atoms with E-state index in [2.05, 4.69) is 0 Å². The van der Waals surface area contributed by atoms with E-state index in [0.29, 0.717) is 30.0 Å². The summed E-state index contributed by atoms with van der Waals surface area (Å²) in [6.45, 7) is 0.362. The van der Waals surface area contributed by atoms with Gasteiger partial charge in [-0.15, -0.1) is 0 Å². The zero-order valence-electron chi connectivity index (χ0n) is 6.91. The maximum atomic E-state index is 11.3. The minimum absolute atomic E-state index is 0.00454. The predicted octanol–water partition coefficient (Wildman–Crippen LogP) is 0.940. The number of anilines is 1. The van der Waals surface area contributed by atoms with Crippen molar-refractivity contribution in [3.05, 3.63) is 17.7 Å². The number of carbonyl (C=O) groups is 1. The second-order valence-corrected chi connectivity index (χ2v) is 2.93. The molecule has 0 amide bonds. The van der Waals surface area contributed by atoms with E-state index < -0.39 is 0 Å². The van der Waals surface area contributed by atoms with E-state index >= 15 is 0 Å². The summed E-state index contributed by atoms with van der Waals surface area (Å²) < 4.78 is 5.22. The van der Waals surface area contributed by atoms with Crippen molar-refractivity contribution in [1.82, 2.24) is 0 Å². The molecule has 0 aliphatic carbocycles. The number of phenols is 1. The molecule has 0 spiro atoms. The molecule has 0 fully saturated rings. The van der Waals surface area contributed by atoms with Crippen molar-refractivity contribution >= 4 is 11.5 Å². The van der Waals surface area contributed by atoms with Gasteiger partial charge in [-0.25, -0.2) is 0 Å². The van der Waals surface area contributed by atoms with Crippen molar-refractivity contribution in [3.63, 3.8) is 0 Å². The quantitative estimate of drug-likeness (QED) is 0.581. The summed E-state index contributed by atoms with van der Waals surface area (Å²) in [4.78, 5) is 11.3. The van der Waals surface area contributed by atoms with E-state index in [1.54, 1.807) is 0 Å². The highest BCUT2D eigenvalue weighted by Crippen LogP contribution is 2.34. The highest BCUT2D eigenvalue weighted by Gasteiger charge is 2.21. The molecule has 4 nitrogen and oxygen atoms in total. The molecule has 0 radical (unpaired) electrons. The number of nitrogen functional groups attached to an aromatic ring is 1. The minimum Gasteiger partial charge on any atom is -0.508 e. The number of benzene rings is 1. The van der Waals surface area contributed by atoms with Crippen LogP contribution in [0.4, 0.5) is 5.69 Å². The Bertz CT molecular complexity index is 373. The normalized spacial score (nSPS) is 14.9. The molecule has 3 N–H and O–H groups in total. The van der Waals surface area contributed by atoms with Gasteiger partial charge in [-0.1, -0.05) is 0 Å². The second kappa shape index (κ2) is 2.65. The molecule has 0 saturated carbocycles. The SMILES string of the molecule is Nc1cc(O)cc2c1OCCC2=O. The van der Waals surface area contributed by atoms with Gasteiger partial charge in [0.15, 0.2) is 11.5 Å². The molecule has 1 aromatic carbocycles. The first-order chi connectivity index (χ1) is 6.18. The molecule has 1 aliphatic rings. The van der Waals surface area contributed by atoms with Crippen molar-refractivity contribution in [2.75, 3.05) is 12.3 Å². The third-order valence-electron chi connectivity index (χ3n) is 1.98. The number of hydrogen-bond acceptors (Lipinski definition) is 4. The number of aromatic hydroxyl groups is 1. The van der Waals surface area contributed by atoms with Crippen LogP contribution in [0.15, 0.2) is 12.1 Å². The molecule has 0 unspecified atom stereocenters. The summed E-state index contributed by atoms with van der Waals surface area (Å²) in [5.74, 6) is 0.355. The van der Waals surface area contributed by atoms with Crippen LogP contribution in [-0.4, -0.2) is 17.5 Å². The fraction of sp³-hybridized carbons (Fsp3) is 0.222. The molecule has 0 bridgehead atoms. The summed E-state index contributed by atoms with van der Waals surface area (Å²) in [5, 5.41) is 9.20. The van der Waals surface area contributed by atoms with Crippen LogP contribution in [0.2, 0.25) is 0 Å². The Kier molecular flexibility index (Phi) is 1.62. The number of fused-ring (bicyclic) bond motifs is 1. The maximum absolute atomic E-state index is 11.3. The standard InChI is InChI=1S/C9H9NO3/c10-7-4-5(11)3-6-8(12)1-2-13-9(6)7/h3-4,11H,1-2,10H2. The van der Waals surface area contributed by atoms with E-state index in [-0.39, 0.29) is 11.5 Å². The van der Waals surface area contributed by atoms with Gasteiger partial charge in [0.25, 0.3) is 0 Å². The molecule has 0 aromatic heterocycles.